The van der Waals surface area contributed by atoms with E-state index in [0.29, 0.717) is 0 Å². The maximum absolute atomic E-state index is 9.73. The van der Waals surface area contributed by atoms with Gasteiger partial charge in [-0.2, -0.15) is 0 Å². The molecule has 0 aliphatic heterocycles. The molecular formula is C2H5ClO3Ti. The van der Waals surface area contributed by atoms with Gasteiger partial charge in [-0.3, -0.25) is 0 Å². The van der Waals surface area contributed by atoms with Crippen molar-refractivity contribution in [1.82, 2.24) is 0 Å². The van der Waals surface area contributed by atoms with Gasteiger partial charge in [-0.15, -0.1) is 0 Å². The fourth-order valence-electron chi connectivity index (χ4n) is 0.126. The minimum atomic E-state index is -3.24. The van der Waals surface area contributed by atoms with E-state index in [9.17, 15) is 3.32 Å². The summed E-state index contributed by atoms with van der Waals surface area (Å²) in [5.41, 5.74) is 0. The first-order chi connectivity index (χ1) is 3.27. The van der Waals surface area contributed by atoms with Crippen LogP contribution >= 0.6 is 11.6 Å². The SMILES string of the molecule is [O]=[Ti]([OH])[O]CCCl. The van der Waals surface area contributed by atoms with Crippen LogP contribution in [0.4, 0.5) is 0 Å². The Morgan fingerprint density at radius 2 is 2.43 bits per heavy atom. The van der Waals surface area contributed by atoms with Gasteiger partial charge in [0.05, 0.1) is 0 Å². The van der Waals surface area contributed by atoms with Crippen LogP contribution in [-0.4, -0.2) is 16.2 Å². The van der Waals surface area contributed by atoms with Crippen molar-refractivity contribution < 1.29 is 28.9 Å². The van der Waals surface area contributed by atoms with Gasteiger partial charge in [0, 0.05) is 0 Å². The molecule has 42 valence electrons. The van der Waals surface area contributed by atoms with Crippen molar-refractivity contribution in [2.75, 3.05) is 12.5 Å². The van der Waals surface area contributed by atoms with E-state index in [4.69, 9.17) is 15.3 Å². The second-order valence-corrected chi connectivity index (χ2v) is 2.46. The number of rotatable bonds is 3. The Labute approximate surface area is 53.3 Å². The molecule has 0 aromatic rings. The average molecular weight is 160 g/mol. The van der Waals surface area contributed by atoms with Gasteiger partial charge < -0.3 is 0 Å². The van der Waals surface area contributed by atoms with Crippen molar-refractivity contribution in [3.63, 3.8) is 0 Å². The van der Waals surface area contributed by atoms with Crippen LogP contribution < -0.4 is 0 Å². The van der Waals surface area contributed by atoms with E-state index in [0.717, 1.165) is 0 Å². The first-order valence-corrected chi connectivity index (χ1v) is 4.20. The summed E-state index contributed by atoms with van der Waals surface area (Å²) in [7, 11) is 0. The third-order valence-corrected chi connectivity index (χ3v) is 1.16. The zero-order valence-corrected chi connectivity index (χ0v) is 5.87. The zero-order valence-electron chi connectivity index (χ0n) is 3.56. The van der Waals surface area contributed by atoms with Gasteiger partial charge in [-0.1, -0.05) is 0 Å². The molecule has 0 aliphatic rings. The van der Waals surface area contributed by atoms with Crippen LogP contribution in [0.5, 0.6) is 0 Å². The molecule has 0 aliphatic carbocycles. The Balaban J connectivity index is 2.82. The van der Waals surface area contributed by atoms with Crippen LogP contribution in [-0.2, 0) is 25.3 Å². The topological polar surface area (TPSA) is 46.5 Å². The Kier molecular flexibility index (Phi) is 5.38. The van der Waals surface area contributed by atoms with Crippen LogP contribution in [0, 0.1) is 0 Å². The zero-order chi connectivity index (χ0) is 5.70. The predicted molar refractivity (Wildman–Crippen MR) is 19.6 cm³/mol. The van der Waals surface area contributed by atoms with Gasteiger partial charge in [-0.25, -0.2) is 0 Å². The Hall–Kier alpha value is 0.724. The molecule has 0 spiro atoms. The van der Waals surface area contributed by atoms with E-state index in [1.165, 1.54) is 0 Å². The Bertz CT molecular complexity index is 66.0. The summed E-state index contributed by atoms with van der Waals surface area (Å²) >= 11 is 1.86. The van der Waals surface area contributed by atoms with E-state index >= 15 is 0 Å². The first kappa shape index (κ1) is 7.72. The summed E-state index contributed by atoms with van der Waals surface area (Å²) < 4.78 is 22.0. The van der Waals surface area contributed by atoms with Gasteiger partial charge >= 0.3 is 53.0 Å². The number of halogens is 1. The van der Waals surface area contributed by atoms with Gasteiger partial charge in [0.2, 0.25) is 0 Å². The molecule has 3 nitrogen and oxygen atoms in total. The summed E-state index contributed by atoms with van der Waals surface area (Å²) in [5, 5.41) is 0. The molecule has 0 aromatic heterocycles. The summed E-state index contributed by atoms with van der Waals surface area (Å²) in [4.78, 5) is 0. The van der Waals surface area contributed by atoms with Gasteiger partial charge in [0.1, 0.15) is 0 Å². The fraction of sp³-hybridized carbons (Fsp3) is 1.00. The monoisotopic (exact) mass is 160 g/mol. The Morgan fingerprint density at radius 1 is 1.86 bits per heavy atom. The molecule has 0 rings (SSSR count). The molecule has 0 fully saturated rings. The van der Waals surface area contributed by atoms with Crippen molar-refractivity contribution in [2.45, 2.75) is 0 Å². The van der Waals surface area contributed by atoms with E-state index < -0.39 is 18.6 Å². The molecule has 0 unspecified atom stereocenters. The van der Waals surface area contributed by atoms with Gasteiger partial charge in [0.15, 0.2) is 0 Å². The van der Waals surface area contributed by atoms with Crippen LogP contribution in [0.25, 0.3) is 0 Å². The molecule has 0 saturated heterocycles. The van der Waals surface area contributed by atoms with Crippen molar-refractivity contribution >= 4 is 11.6 Å². The Morgan fingerprint density at radius 3 is 2.57 bits per heavy atom. The average Bonchev–Trinajstić information content (AvgIpc) is 1.61. The molecule has 0 bridgehead atoms. The number of hydrogen-bond donors (Lipinski definition) is 1. The molecule has 1 N–H and O–H groups in total. The van der Waals surface area contributed by atoms with Gasteiger partial charge in [-0.05, 0) is 0 Å². The normalized spacial score (nSPS) is 8.86. The van der Waals surface area contributed by atoms with Crippen molar-refractivity contribution in [1.29, 1.82) is 0 Å². The van der Waals surface area contributed by atoms with Gasteiger partial charge in [0.25, 0.3) is 0 Å². The molecule has 0 atom stereocenters. The summed E-state index contributed by atoms with van der Waals surface area (Å²) in [6, 6.07) is 0. The van der Waals surface area contributed by atoms with Crippen LogP contribution in [0.15, 0.2) is 0 Å². The third-order valence-electron chi connectivity index (χ3n) is 0.303. The van der Waals surface area contributed by atoms with E-state index in [-0.39, 0.29) is 12.5 Å². The molecule has 0 amide bonds. The summed E-state index contributed by atoms with van der Waals surface area (Å²) in [5.74, 6) is 0.277. The third kappa shape index (κ3) is 6.72. The fourth-order valence-corrected chi connectivity index (χ4v) is 0.837. The van der Waals surface area contributed by atoms with E-state index in [1.54, 1.807) is 0 Å². The molecule has 7 heavy (non-hydrogen) atoms. The predicted octanol–water partition coefficient (Wildman–Crippen LogP) is 0.0278. The molecule has 0 heterocycles. The number of alkyl halides is 1. The first-order valence-electron chi connectivity index (χ1n) is 1.69. The van der Waals surface area contributed by atoms with Crippen molar-refractivity contribution in [3.8, 4) is 0 Å². The molecular weight excluding hydrogens is 155 g/mol. The van der Waals surface area contributed by atoms with E-state index in [1.807, 2.05) is 0 Å². The number of hydrogen-bond acceptors (Lipinski definition) is 2. The van der Waals surface area contributed by atoms with Crippen molar-refractivity contribution in [2.24, 2.45) is 0 Å². The second-order valence-electron chi connectivity index (χ2n) is 0.803. The quantitative estimate of drug-likeness (QED) is 0.468. The minimum absolute atomic E-state index is 0.177. The van der Waals surface area contributed by atoms with E-state index in [2.05, 4.69) is 3.32 Å². The molecule has 0 aromatic carbocycles. The molecule has 0 radical (unpaired) electrons. The van der Waals surface area contributed by atoms with Crippen LogP contribution in [0.2, 0.25) is 0 Å². The van der Waals surface area contributed by atoms with Crippen LogP contribution in [0.1, 0.15) is 0 Å². The van der Waals surface area contributed by atoms with Crippen LogP contribution in [0.3, 0.4) is 0 Å². The standard InChI is InChI=1S/C2H4ClO.H2O.O.Ti/c3-1-2-4;;;/h1-2H2;1H2;;/q-1;;;+2/p-1. The van der Waals surface area contributed by atoms with Crippen molar-refractivity contribution in [3.05, 3.63) is 0 Å². The molecule has 0 saturated carbocycles. The maximum atomic E-state index is 9.73. The summed E-state index contributed by atoms with van der Waals surface area (Å²) in [6.45, 7) is 0.177. The summed E-state index contributed by atoms with van der Waals surface area (Å²) in [6.07, 6.45) is 0. The molecule has 5 heteroatoms. The second kappa shape index (κ2) is 4.87.